The van der Waals surface area contributed by atoms with Crippen molar-refractivity contribution in [3.05, 3.63) is 48.2 Å². The van der Waals surface area contributed by atoms with E-state index in [1.165, 1.54) is 89.0 Å². The van der Waals surface area contributed by atoms with Gasteiger partial charge in [-0.05, 0) is 45.4 Å². The van der Waals surface area contributed by atoms with Crippen LogP contribution in [0.25, 0.3) is 0 Å². The van der Waals surface area contributed by atoms with Crippen molar-refractivity contribution in [3.63, 3.8) is 0 Å². The molecule has 62 heavy (non-hydrogen) atoms. The number of hydrogen-bond donors (Lipinski definition) is 5. The Morgan fingerprint density at radius 1 is 0.742 bits per heavy atom. The highest BCUT2D eigenvalue weighted by molar-refractivity contribution is 7.89. The largest absolute Gasteiger partial charge is 0.481 e. The predicted octanol–water partition coefficient (Wildman–Crippen LogP) is 6.42. The highest BCUT2D eigenvalue weighted by Crippen LogP contribution is 2.33. The molecule has 6 rings (SSSR count). The molecule has 4 aromatic rings. The van der Waals surface area contributed by atoms with E-state index in [2.05, 4.69) is 50.1 Å². The molecule has 0 aromatic carbocycles. The topological polar surface area (TPSA) is 291 Å². The summed E-state index contributed by atoms with van der Waals surface area (Å²) < 4.78 is 69.7. The Kier molecular flexibility index (Phi) is 18.2. The van der Waals surface area contributed by atoms with Crippen molar-refractivity contribution in [1.29, 1.82) is 0 Å². The molecule has 2 aliphatic carbocycles. The summed E-state index contributed by atoms with van der Waals surface area (Å²) in [4.78, 5) is 32.4. The molecular formula is C40H62N10O10S2. The number of esters is 1. The third-order valence-corrected chi connectivity index (χ3v) is 13.8. The van der Waals surface area contributed by atoms with E-state index in [9.17, 15) is 31.5 Å². The molecule has 4 heterocycles. The average molecular weight is 907 g/mol. The van der Waals surface area contributed by atoms with Crippen molar-refractivity contribution in [1.82, 2.24) is 50.1 Å². The van der Waals surface area contributed by atoms with Gasteiger partial charge in [-0.25, -0.2) is 26.3 Å². The van der Waals surface area contributed by atoms with Gasteiger partial charge in [-0.3, -0.25) is 19.8 Å². The van der Waals surface area contributed by atoms with Gasteiger partial charge < -0.3 is 18.9 Å². The Bertz CT molecular complexity index is 2160. The number of aliphatic carboxylic acids is 1. The third kappa shape index (κ3) is 16.3. The summed E-state index contributed by atoms with van der Waals surface area (Å²) in [6, 6.07) is 0. The second kappa shape index (κ2) is 23.2. The highest BCUT2D eigenvalue weighted by atomic mass is 32.2. The van der Waals surface area contributed by atoms with E-state index in [-0.39, 0.29) is 71.1 Å². The molecular weight excluding hydrogens is 845 g/mol. The Labute approximate surface area is 363 Å². The van der Waals surface area contributed by atoms with Crippen LogP contribution in [0.1, 0.15) is 172 Å². The summed E-state index contributed by atoms with van der Waals surface area (Å²) in [6.45, 7) is 5.22. The monoisotopic (exact) mass is 906 g/mol. The van der Waals surface area contributed by atoms with Crippen molar-refractivity contribution < 1.29 is 45.3 Å². The molecule has 2 saturated carbocycles. The number of aromatic nitrogens is 8. The van der Waals surface area contributed by atoms with Crippen LogP contribution in [0.5, 0.6) is 0 Å². The quantitative estimate of drug-likeness (QED) is 0.0532. The first-order valence-electron chi connectivity index (χ1n) is 21.6. The zero-order valence-corrected chi connectivity index (χ0v) is 37.5. The number of H-pyrrole nitrogens is 2. The number of carboxylic acids is 1. The first-order valence-corrected chi connectivity index (χ1v) is 24.6. The first kappa shape index (κ1) is 48.5. The number of ether oxygens (including phenoxy) is 1. The lowest BCUT2D eigenvalue weighted by molar-refractivity contribution is -0.155. The van der Waals surface area contributed by atoms with Crippen molar-refractivity contribution in [3.8, 4) is 0 Å². The summed E-state index contributed by atoms with van der Waals surface area (Å²) in [5.41, 5.74) is -0.574. The van der Waals surface area contributed by atoms with Gasteiger partial charge in [0.15, 0.2) is 11.6 Å². The van der Waals surface area contributed by atoms with Gasteiger partial charge in [-0.2, -0.15) is 20.2 Å². The third-order valence-electron chi connectivity index (χ3n) is 11.1. The molecule has 2 fully saturated rings. The van der Waals surface area contributed by atoms with Crippen LogP contribution in [-0.2, 0) is 47.5 Å². The van der Waals surface area contributed by atoms with Crippen LogP contribution in [0.2, 0.25) is 0 Å². The number of carbonyl (C=O) groups is 2. The lowest BCUT2D eigenvalue weighted by Gasteiger charge is -2.23. The lowest BCUT2D eigenvalue weighted by atomic mass is 9.84. The molecule has 2 atom stereocenters. The summed E-state index contributed by atoms with van der Waals surface area (Å²) >= 11 is 0. The Morgan fingerprint density at radius 3 is 1.56 bits per heavy atom. The number of aromatic amines is 2. The van der Waals surface area contributed by atoms with Crippen LogP contribution in [-0.4, -0.2) is 80.2 Å². The van der Waals surface area contributed by atoms with Crippen LogP contribution in [0.4, 0.5) is 0 Å². The molecule has 4 aromatic heterocycles. The van der Waals surface area contributed by atoms with Gasteiger partial charge in [-0.15, -0.1) is 0 Å². The standard InChI is InChI=1S/C22H35N5O5S.C18H27N5O5S/c1-22(2,3)31-20(28)12-17(11-7-10-16-8-5-4-6-9-16)21-26-19(27-32-21)15-25-33(29,30)18-13-23-24-14-18;24-17(25)9-14(8-4-7-13-5-2-1-3-6-13)18-22-16(23-28-18)12-21-29(26,27)15-10-19-20-11-15/h13-14,16-17,25H,4-12,15H2,1-3H3,(H,23,24);10-11,13-14,21H,1-9,12H2,(H,19,20)(H,24,25)/t17-;14-/m11/s1. The number of hydrogen-bond acceptors (Lipinski definition) is 15. The lowest BCUT2D eigenvalue weighted by Crippen LogP contribution is -2.25. The Hall–Kier alpha value is -4.54. The van der Waals surface area contributed by atoms with Crippen LogP contribution in [0.15, 0.2) is 43.6 Å². The van der Waals surface area contributed by atoms with E-state index >= 15 is 0 Å². The first-order chi connectivity index (χ1) is 29.6. The summed E-state index contributed by atoms with van der Waals surface area (Å²) in [5, 5.41) is 29.1. The highest BCUT2D eigenvalue weighted by Gasteiger charge is 2.28. The fraction of sp³-hybridized carbons (Fsp3) is 0.700. The molecule has 20 nitrogen and oxygen atoms in total. The molecule has 344 valence electrons. The number of sulfonamides is 2. The Balaban J connectivity index is 0.000000236. The van der Waals surface area contributed by atoms with E-state index in [0.717, 1.165) is 43.9 Å². The molecule has 2 aliphatic rings. The normalized spacial score (nSPS) is 16.6. The molecule has 0 saturated heterocycles. The number of nitrogens with one attached hydrogen (secondary N) is 4. The van der Waals surface area contributed by atoms with Crippen LogP contribution < -0.4 is 9.44 Å². The van der Waals surface area contributed by atoms with Gasteiger partial charge in [0.05, 0.1) is 38.3 Å². The van der Waals surface area contributed by atoms with E-state index in [1.807, 2.05) is 20.8 Å². The molecule has 0 spiro atoms. The molecule has 0 unspecified atom stereocenters. The molecule has 0 aliphatic heterocycles. The number of nitrogens with zero attached hydrogens (tertiary/aromatic N) is 6. The fourth-order valence-electron chi connectivity index (χ4n) is 7.95. The number of rotatable bonds is 22. The minimum atomic E-state index is -3.73. The zero-order chi connectivity index (χ0) is 44.6. The minimum absolute atomic E-state index is 0.00712. The second-order valence-electron chi connectivity index (χ2n) is 17.3. The molecule has 5 N–H and O–H groups in total. The van der Waals surface area contributed by atoms with Gasteiger partial charge >= 0.3 is 11.9 Å². The molecule has 0 amide bonds. The zero-order valence-electron chi connectivity index (χ0n) is 35.9. The number of carboxylic acid groups (broad SMARTS) is 1. The average Bonchev–Trinajstić information content (AvgIpc) is 4.08. The predicted molar refractivity (Wildman–Crippen MR) is 223 cm³/mol. The van der Waals surface area contributed by atoms with Gasteiger partial charge in [0.1, 0.15) is 15.4 Å². The van der Waals surface area contributed by atoms with Gasteiger partial charge in [-0.1, -0.05) is 100 Å². The van der Waals surface area contributed by atoms with Crippen molar-refractivity contribution in [2.24, 2.45) is 11.8 Å². The maximum absolute atomic E-state index is 12.5. The smallest absolute Gasteiger partial charge is 0.307 e. The van der Waals surface area contributed by atoms with Gasteiger partial charge in [0, 0.05) is 24.2 Å². The van der Waals surface area contributed by atoms with E-state index in [4.69, 9.17) is 13.8 Å². The fourth-order valence-corrected chi connectivity index (χ4v) is 9.72. The van der Waals surface area contributed by atoms with E-state index in [1.54, 1.807) is 0 Å². The Morgan fingerprint density at radius 2 is 1.18 bits per heavy atom. The van der Waals surface area contributed by atoms with Gasteiger partial charge in [0.2, 0.25) is 31.8 Å². The van der Waals surface area contributed by atoms with Crippen molar-refractivity contribution >= 4 is 32.0 Å². The molecule has 0 bridgehead atoms. The van der Waals surface area contributed by atoms with Crippen molar-refractivity contribution in [2.75, 3.05) is 0 Å². The second-order valence-corrected chi connectivity index (χ2v) is 20.8. The van der Waals surface area contributed by atoms with Crippen LogP contribution in [0, 0.1) is 11.8 Å². The SMILES string of the molecule is CC(C)(C)OC(=O)C[C@@H](CCCC1CCCCC1)c1nc(CNS(=O)(=O)c2cn[nH]c2)no1.O=C(O)C[C@@H](CCCC1CCCCC1)c1nc(CNS(=O)(=O)c2cn[nH]c2)no1. The van der Waals surface area contributed by atoms with E-state index < -0.39 is 31.6 Å². The summed E-state index contributed by atoms with van der Waals surface area (Å²) in [5.74, 6) is 0.543. The van der Waals surface area contributed by atoms with Crippen LogP contribution in [0.3, 0.4) is 0 Å². The maximum Gasteiger partial charge on any atom is 0.307 e. The minimum Gasteiger partial charge on any atom is -0.481 e. The van der Waals surface area contributed by atoms with Crippen LogP contribution >= 0.6 is 0 Å². The maximum atomic E-state index is 12.5. The van der Waals surface area contributed by atoms with Crippen molar-refractivity contribution in [2.45, 2.75) is 177 Å². The molecule has 0 radical (unpaired) electrons. The summed E-state index contributed by atoms with van der Waals surface area (Å²) in [6.07, 6.45) is 23.3. The number of carbonyl (C=O) groups excluding carboxylic acids is 1. The summed E-state index contributed by atoms with van der Waals surface area (Å²) in [7, 11) is -7.46. The van der Waals surface area contributed by atoms with Gasteiger partial charge in [0.25, 0.3) is 0 Å². The van der Waals surface area contributed by atoms with E-state index in [0.29, 0.717) is 12.3 Å². The molecule has 22 heteroatoms.